The van der Waals surface area contributed by atoms with Crippen molar-refractivity contribution in [1.82, 2.24) is 0 Å². The Morgan fingerprint density at radius 1 is 0.815 bits per heavy atom. The van der Waals surface area contributed by atoms with E-state index in [1.807, 2.05) is 48.5 Å². The summed E-state index contributed by atoms with van der Waals surface area (Å²) in [5.74, 6) is 3.47. The maximum atomic E-state index is 10.6. The molecular formula is C24H31BrOSi. The first-order valence-corrected chi connectivity index (χ1v) is 12.8. The lowest BCUT2D eigenvalue weighted by Crippen LogP contribution is -2.43. The van der Waals surface area contributed by atoms with Crippen LogP contribution in [-0.4, -0.2) is 13.2 Å². The van der Waals surface area contributed by atoms with Gasteiger partial charge in [-0.05, 0) is 52.0 Å². The largest absolute Gasteiger partial charge is 0.384 e. The topological polar surface area (TPSA) is 20.2 Å². The molecule has 0 saturated carbocycles. The van der Waals surface area contributed by atoms with Crippen molar-refractivity contribution < 1.29 is 5.11 Å². The van der Waals surface area contributed by atoms with Gasteiger partial charge in [-0.1, -0.05) is 87.7 Å². The number of rotatable bonds is 5. The first-order valence-electron chi connectivity index (χ1n) is 9.75. The molecule has 0 aromatic heterocycles. The van der Waals surface area contributed by atoms with Crippen molar-refractivity contribution >= 4 is 24.0 Å². The van der Waals surface area contributed by atoms with Gasteiger partial charge in [-0.2, -0.15) is 0 Å². The quantitative estimate of drug-likeness (QED) is 0.386. The van der Waals surface area contributed by atoms with Crippen LogP contribution < -0.4 is 0 Å². The van der Waals surface area contributed by atoms with Crippen molar-refractivity contribution in [3.05, 3.63) is 69.7 Å². The van der Waals surface area contributed by atoms with Crippen LogP contribution in [0.1, 0.15) is 64.3 Å². The number of hydrogen-bond donors (Lipinski definition) is 1. The third-order valence-electron chi connectivity index (χ3n) is 5.68. The lowest BCUT2D eigenvalue weighted by Gasteiger charge is -2.38. The Labute approximate surface area is 174 Å². The fourth-order valence-electron chi connectivity index (χ4n) is 4.23. The van der Waals surface area contributed by atoms with Gasteiger partial charge in [0.1, 0.15) is 14.2 Å². The zero-order valence-corrected chi connectivity index (χ0v) is 19.8. The number of benzene rings is 2. The van der Waals surface area contributed by atoms with E-state index in [0.29, 0.717) is 16.6 Å². The minimum Gasteiger partial charge on any atom is -0.384 e. The van der Waals surface area contributed by atoms with Crippen LogP contribution in [0.5, 0.6) is 0 Å². The molecule has 2 aromatic carbocycles. The van der Waals surface area contributed by atoms with Crippen molar-refractivity contribution in [1.29, 1.82) is 0 Å². The van der Waals surface area contributed by atoms with Crippen molar-refractivity contribution in [3.63, 3.8) is 0 Å². The molecule has 1 atom stereocenters. The summed E-state index contributed by atoms with van der Waals surface area (Å²) in [6.45, 7) is 14.0. The van der Waals surface area contributed by atoms with Gasteiger partial charge < -0.3 is 5.11 Å². The minimum atomic E-state index is -1.72. The lowest BCUT2D eigenvalue weighted by atomic mass is 10.0. The minimum absolute atomic E-state index is 0.625. The Morgan fingerprint density at radius 3 is 1.85 bits per heavy atom. The standard InChI is InChI=1S/C24H31BrOSi/c1-17(2)27(18(3)4,19(5)6)15-14-20-10-12-21(13-11-20)24(26)22-8-7-9-23(25)16-22/h7-13,16-19,24,26H,1-6H3/t24-/m1/s1. The predicted octanol–water partition coefficient (Wildman–Crippen LogP) is 7.10. The summed E-state index contributed by atoms with van der Waals surface area (Å²) < 4.78 is 0.971. The Balaban J connectivity index is 2.29. The molecule has 144 valence electrons. The second kappa shape index (κ2) is 9.23. The van der Waals surface area contributed by atoms with Crippen molar-refractivity contribution in [2.75, 3.05) is 0 Å². The van der Waals surface area contributed by atoms with Crippen LogP contribution in [0.4, 0.5) is 0 Å². The second-order valence-corrected chi connectivity index (χ2v) is 14.7. The molecule has 0 aliphatic carbocycles. The van der Waals surface area contributed by atoms with Crippen LogP contribution in [-0.2, 0) is 0 Å². The van der Waals surface area contributed by atoms with E-state index in [1.165, 1.54) is 0 Å². The molecule has 3 heteroatoms. The molecule has 0 saturated heterocycles. The molecule has 0 radical (unpaired) electrons. The molecule has 0 aliphatic rings. The average Bonchev–Trinajstić information content (AvgIpc) is 2.61. The Morgan fingerprint density at radius 2 is 1.37 bits per heavy atom. The van der Waals surface area contributed by atoms with Gasteiger partial charge in [-0.25, -0.2) is 0 Å². The summed E-state index contributed by atoms with van der Waals surface area (Å²) in [7, 11) is -1.72. The summed E-state index contributed by atoms with van der Waals surface area (Å²) in [5.41, 5.74) is 8.44. The Bertz CT molecular complexity index is 790. The maximum absolute atomic E-state index is 10.6. The van der Waals surface area contributed by atoms with E-state index in [4.69, 9.17) is 0 Å². The van der Waals surface area contributed by atoms with Gasteiger partial charge in [0.25, 0.3) is 0 Å². The van der Waals surface area contributed by atoms with Gasteiger partial charge in [-0.3, -0.25) is 0 Å². The van der Waals surface area contributed by atoms with Crippen molar-refractivity contribution in [3.8, 4) is 11.5 Å². The summed E-state index contributed by atoms with van der Waals surface area (Å²) in [6, 6.07) is 15.8. The zero-order valence-electron chi connectivity index (χ0n) is 17.3. The molecular weight excluding hydrogens is 412 g/mol. The normalized spacial score (nSPS) is 13.0. The highest BCUT2D eigenvalue weighted by molar-refractivity contribution is 9.10. The van der Waals surface area contributed by atoms with Crippen molar-refractivity contribution in [2.45, 2.75) is 64.3 Å². The van der Waals surface area contributed by atoms with Crippen LogP contribution in [0.25, 0.3) is 0 Å². The lowest BCUT2D eigenvalue weighted by molar-refractivity contribution is 0.220. The fraction of sp³-hybridized carbons (Fsp3) is 0.417. The molecule has 0 aliphatic heterocycles. The molecule has 2 rings (SSSR count). The van der Waals surface area contributed by atoms with Crippen LogP contribution in [0, 0.1) is 11.5 Å². The average molecular weight is 444 g/mol. The number of halogens is 1. The molecule has 1 N–H and O–H groups in total. The molecule has 2 aromatic rings. The van der Waals surface area contributed by atoms with Gasteiger partial charge in [0, 0.05) is 10.0 Å². The number of aliphatic hydroxyl groups excluding tert-OH is 1. The zero-order chi connectivity index (χ0) is 20.2. The summed E-state index contributed by atoms with van der Waals surface area (Å²) in [4.78, 5) is 0. The molecule has 0 spiro atoms. The van der Waals surface area contributed by atoms with Gasteiger partial charge >= 0.3 is 0 Å². The maximum Gasteiger partial charge on any atom is 0.146 e. The summed E-state index contributed by atoms with van der Waals surface area (Å²) in [6.07, 6.45) is -0.625. The van der Waals surface area contributed by atoms with Crippen LogP contribution in [0.15, 0.2) is 53.0 Å². The van der Waals surface area contributed by atoms with Crippen LogP contribution in [0.3, 0.4) is 0 Å². The first kappa shape index (κ1) is 22.0. The van der Waals surface area contributed by atoms with Crippen LogP contribution in [0.2, 0.25) is 16.6 Å². The Kier molecular flexibility index (Phi) is 7.51. The number of hydrogen-bond acceptors (Lipinski definition) is 1. The van der Waals surface area contributed by atoms with E-state index in [9.17, 15) is 5.11 Å². The third-order valence-corrected chi connectivity index (χ3v) is 12.5. The molecule has 0 unspecified atom stereocenters. The van der Waals surface area contributed by atoms with Gasteiger partial charge in [-0.15, -0.1) is 5.54 Å². The van der Waals surface area contributed by atoms with Gasteiger partial charge in [0.15, 0.2) is 0 Å². The highest BCUT2D eigenvalue weighted by Gasteiger charge is 2.41. The summed E-state index contributed by atoms with van der Waals surface area (Å²) in [5, 5.41) is 10.6. The summed E-state index contributed by atoms with van der Waals surface area (Å²) >= 11 is 3.46. The van der Waals surface area contributed by atoms with E-state index in [2.05, 4.69) is 68.9 Å². The van der Waals surface area contributed by atoms with Gasteiger partial charge in [0.05, 0.1) is 0 Å². The SMILES string of the molecule is CC(C)[Si](C#Cc1ccc([C@@H](O)c2cccc(Br)c2)cc1)(C(C)C)C(C)C. The van der Waals surface area contributed by atoms with E-state index >= 15 is 0 Å². The molecule has 27 heavy (non-hydrogen) atoms. The molecule has 0 fully saturated rings. The fourth-order valence-corrected chi connectivity index (χ4v) is 9.88. The molecule has 0 bridgehead atoms. The van der Waals surface area contributed by atoms with Gasteiger partial charge in [0.2, 0.25) is 0 Å². The second-order valence-electron chi connectivity index (χ2n) is 8.23. The monoisotopic (exact) mass is 442 g/mol. The van der Waals surface area contributed by atoms with E-state index in [1.54, 1.807) is 0 Å². The highest BCUT2D eigenvalue weighted by Crippen LogP contribution is 2.40. The molecule has 1 nitrogen and oxygen atoms in total. The van der Waals surface area contributed by atoms with Crippen LogP contribution >= 0.6 is 15.9 Å². The van der Waals surface area contributed by atoms with E-state index in [0.717, 1.165) is 21.2 Å². The predicted molar refractivity (Wildman–Crippen MR) is 123 cm³/mol. The Hall–Kier alpha value is -1.34. The van der Waals surface area contributed by atoms with Crippen molar-refractivity contribution in [2.24, 2.45) is 0 Å². The van der Waals surface area contributed by atoms with E-state index in [-0.39, 0.29) is 0 Å². The smallest absolute Gasteiger partial charge is 0.146 e. The number of aliphatic hydroxyl groups is 1. The first-order chi connectivity index (χ1) is 12.7. The molecule has 0 heterocycles. The molecule has 0 amide bonds. The van der Waals surface area contributed by atoms with E-state index < -0.39 is 14.2 Å². The third kappa shape index (κ3) is 4.93. The highest BCUT2D eigenvalue weighted by atomic mass is 79.9.